The lowest BCUT2D eigenvalue weighted by Crippen LogP contribution is -2.24. The molecule has 0 atom stereocenters. The van der Waals surface area contributed by atoms with Crippen molar-refractivity contribution in [2.45, 2.75) is 0 Å². The van der Waals surface area contributed by atoms with Crippen molar-refractivity contribution in [3.05, 3.63) is 164 Å². The molecule has 0 aliphatic carbocycles. The molecule has 0 fully saturated rings. The van der Waals surface area contributed by atoms with Gasteiger partial charge in [-0.3, -0.25) is 0 Å². The predicted octanol–water partition coefficient (Wildman–Crippen LogP) is 9.61. The summed E-state index contributed by atoms with van der Waals surface area (Å²) in [6.45, 7) is 0. The van der Waals surface area contributed by atoms with Crippen molar-refractivity contribution in [2.24, 2.45) is 0 Å². The fraction of sp³-hybridized carbons (Fsp3) is 0. The zero-order chi connectivity index (χ0) is 28.1. The Balaban J connectivity index is 1.44. The lowest BCUT2D eigenvalue weighted by atomic mass is 9.86. The maximum atomic E-state index is 15.0. The topological polar surface area (TPSA) is 17.1 Å². The molecule has 8 aromatic rings. The van der Waals surface area contributed by atoms with Crippen LogP contribution in [0, 0.1) is 0 Å². The van der Waals surface area contributed by atoms with Gasteiger partial charge in [0.25, 0.3) is 0 Å². The van der Waals surface area contributed by atoms with Gasteiger partial charge in [0.15, 0.2) is 7.14 Å². The van der Waals surface area contributed by atoms with Crippen LogP contribution in [-0.4, -0.2) is 0 Å². The third kappa shape index (κ3) is 3.75. The molecule has 0 heterocycles. The van der Waals surface area contributed by atoms with Crippen molar-refractivity contribution in [3.8, 4) is 11.1 Å². The van der Waals surface area contributed by atoms with Gasteiger partial charge in [0, 0.05) is 15.9 Å². The molecule has 0 radical (unpaired) electrons. The van der Waals surface area contributed by atoms with E-state index in [4.69, 9.17) is 0 Å². The number of rotatable bonds is 4. The maximum Gasteiger partial charge on any atom is 0.171 e. The first kappa shape index (κ1) is 24.8. The molecule has 1 nitrogen and oxygen atoms in total. The highest BCUT2D eigenvalue weighted by Gasteiger charge is 2.29. The van der Waals surface area contributed by atoms with E-state index in [2.05, 4.69) is 103 Å². The highest BCUT2D eigenvalue weighted by atomic mass is 31.2. The minimum absolute atomic E-state index is 0.837. The SMILES string of the molecule is O=P(c1ccccc1)(c1ccccc1)c1ccc(-c2c3ccccc3cc3c4ccccc4c4ccccc4c23)cc1. The van der Waals surface area contributed by atoms with Gasteiger partial charge in [-0.25, -0.2) is 0 Å². The van der Waals surface area contributed by atoms with Crippen LogP contribution in [0.1, 0.15) is 0 Å². The third-order valence-corrected chi connectivity index (χ3v) is 11.6. The molecule has 0 spiro atoms. The van der Waals surface area contributed by atoms with Crippen molar-refractivity contribution in [1.82, 2.24) is 0 Å². The zero-order valence-electron chi connectivity index (χ0n) is 22.9. The maximum absolute atomic E-state index is 15.0. The van der Waals surface area contributed by atoms with Gasteiger partial charge in [-0.1, -0.05) is 158 Å². The minimum atomic E-state index is -3.06. The van der Waals surface area contributed by atoms with E-state index in [1.165, 1.54) is 48.7 Å². The van der Waals surface area contributed by atoms with Crippen LogP contribution < -0.4 is 15.9 Å². The Morgan fingerprint density at radius 2 is 0.786 bits per heavy atom. The second-order valence-corrected chi connectivity index (χ2v) is 13.6. The molecule has 2 heteroatoms. The van der Waals surface area contributed by atoms with Gasteiger partial charge >= 0.3 is 0 Å². The largest absolute Gasteiger partial charge is 0.309 e. The second kappa shape index (κ2) is 9.84. The minimum Gasteiger partial charge on any atom is -0.309 e. The van der Waals surface area contributed by atoms with E-state index < -0.39 is 7.14 Å². The Morgan fingerprint density at radius 3 is 1.38 bits per heavy atom. The summed E-state index contributed by atoms with van der Waals surface area (Å²) in [4.78, 5) is 0. The summed E-state index contributed by atoms with van der Waals surface area (Å²) >= 11 is 0. The second-order valence-electron chi connectivity index (χ2n) is 10.8. The van der Waals surface area contributed by atoms with Gasteiger partial charge in [0.2, 0.25) is 0 Å². The molecule has 0 amide bonds. The standard InChI is InChI=1S/C40H27OP/c41-42(30-14-3-1-4-15-30,31-16-5-2-6-17-31)32-25-23-28(24-26-32)39-33-18-8-7-13-29(33)27-38-36-21-10-9-19-34(36)35-20-11-12-22-37(35)40(38)39/h1-27H. The molecule has 0 unspecified atom stereocenters. The molecule has 0 saturated heterocycles. The van der Waals surface area contributed by atoms with Crippen LogP contribution in [0.15, 0.2) is 164 Å². The molecular weight excluding hydrogens is 527 g/mol. The molecule has 0 aliphatic heterocycles. The quantitative estimate of drug-likeness (QED) is 0.120. The normalized spacial score (nSPS) is 11.9. The summed E-state index contributed by atoms with van der Waals surface area (Å²) in [6.07, 6.45) is 0. The molecule has 0 aliphatic rings. The number of hydrogen-bond acceptors (Lipinski definition) is 1. The molecule has 0 saturated carbocycles. The van der Waals surface area contributed by atoms with E-state index in [1.807, 2.05) is 60.7 Å². The van der Waals surface area contributed by atoms with Crippen LogP contribution in [0.3, 0.4) is 0 Å². The Kier molecular flexibility index (Phi) is 5.81. The summed E-state index contributed by atoms with van der Waals surface area (Å²) in [7, 11) is -3.06. The Labute approximate surface area is 245 Å². The molecule has 0 bridgehead atoms. The average molecular weight is 555 g/mol. The molecule has 0 N–H and O–H groups in total. The van der Waals surface area contributed by atoms with Crippen molar-refractivity contribution in [3.63, 3.8) is 0 Å². The smallest absolute Gasteiger partial charge is 0.171 e. The van der Waals surface area contributed by atoms with Gasteiger partial charge < -0.3 is 4.57 Å². The lowest BCUT2D eigenvalue weighted by Gasteiger charge is -2.21. The first-order valence-corrected chi connectivity index (χ1v) is 16.0. The first-order valence-electron chi connectivity index (χ1n) is 14.3. The van der Waals surface area contributed by atoms with Crippen LogP contribution in [0.5, 0.6) is 0 Å². The van der Waals surface area contributed by atoms with Gasteiger partial charge in [-0.05, 0) is 60.3 Å². The van der Waals surface area contributed by atoms with Crippen LogP contribution in [0.2, 0.25) is 0 Å². The Bertz CT molecular complexity index is 2260. The summed E-state index contributed by atoms with van der Waals surface area (Å²) in [5.74, 6) is 0. The van der Waals surface area contributed by atoms with Crippen LogP contribution in [0.4, 0.5) is 0 Å². The fourth-order valence-corrected chi connectivity index (χ4v) is 9.24. The van der Waals surface area contributed by atoms with Crippen molar-refractivity contribution in [2.75, 3.05) is 0 Å². The van der Waals surface area contributed by atoms with E-state index in [1.54, 1.807) is 0 Å². The monoisotopic (exact) mass is 554 g/mol. The number of fused-ring (bicyclic) bond motifs is 7. The van der Waals surface area contributed by atoms with Crippen LogP contribution in [0.25, 0.3) is 54.2 Å². The van der Waals surface area contributed by atoms with Crippen LogP contribution in [-0.2, 0) is 4.57 Å². The first-order chi connectivity index (χ1) is 20.7. The van der Waals surface area contributed by atoms with E-state index >= 15 is 4.57 Å². The molecule has 42 heavy (non-hydrogen) atoms. The van der Waals surface area contributed by atoms with Crippen molar-refractivity contribution < 1.29 is 4.57 Å². The molecular formula is C40H27OP. The van der Waals surface area contributed by atoms with Gasteiger partial charge in [0.1, 0.15) is 0 Å². The van der Waals surface area contributed by atoms with Crippen molar-refractivity contribution in [1.29, 1.82) is 0 Å². The summed E-state index contributed by atoms with van der Waals surface area (Å²) in [5, 5.41) is 12.5. The van der Waals surface area contributed by atoms with Crippen LogP contribution >= 0.6 is 7.14 Å². The predicted molar refractivity (Wildman–Crippen MR) is 181 cm³/mol. The molecule has 0 aromatic heterocycles. The lowest BCUT2D eigenvalue weighted by molar-refractivity contribution is 0.592. The van der Waals surface area contributed by atoms with Gasteiger partial charge in [0.05, 0.1) is 0 Å². The Morgan fingerprint density at radius 1 is 0.357 bits per heavy atom. The molecule has 8 rings (SSSR count). The highest BCUT2D eigenvalue weighted by molar-refractivity contribution is 7.85. The zero-order valence-corrected chi connectivity index (χ0v) is 23.8. The van der Waals surface area contributed by atoms with E-state index in [0.717, 1.165) is 21.5 Å². The highest BCUT2D eigenvalue weighted by Crippen LogP contribution is 2.46. The van der Waals surface area contributed by atoms with E-state index in [-0.39, 0.29) is 0 Å². The van der Waals surface area contributed by atoms with E-state index in [0.29, 0.717) is 0 Å². The van der Waals surface area contributed by atoms with E-state index in [9.17, 15) is 0 Å². The molecule has 198 valence electrons. The Hall–Kier alpha value is -4.97. The number of hydrogen-bond donors (Lipinski definition) is 0. The summed E-state index contributed by atoms with van der Waals surface area (Å²) in [6, 6.07) is 56.7. The van der Waals surface area contributed by atoms with Gasteiger partial charge in [-0.2, -0.15) is 0 Å². The van der Waals surface area contributed by atoms with Gasteiger partial charge in [-0.15, -0.1) is 0 Å². The third-order valence-electron chi connectivity index (χ3n) is 8.51. The molecule has 8 aromatic carbocycles. The van der Waals surface area contributed by atoms with Crippen molar-refractivity contribution >= 4 is 66.1 Å². The number of benzene rings is 8. The summed E-state index contributed by atoms with van der Waals surface area (Å²) in [5.41, 5.74) is 2.33. The summed E-state index contributed by atoms with van der Waals surface area (Å²) < 4.78 is 15.0. The average Bonchev–Trinajstić information content (AvgIpc) is 3.08. The fourth-order valence-electron chi connectivity index (χ4n) is 6.59.